The Hall–Kier alpha value is -1.14. The molecule has 6 heteroatoms. The van der Waals surface area contributed by atoms with Crippen molar-refractivity contribution in [2.75, 3.05) is 13.7 Å². The maximum Gasteiger partial charge on any atom is 0.320 e. The number of ether oxygens (including phenoxy) is 1. The second-order valence-corrected chi connectivity index (χ2v) is 2.49. The van der Waals surface area contributed by atoms with Crippen LogP contribution >= 0.6 is 0 Å². The molecule has 0 aromatic rings. The predicted octanol–water partition coefficient (Wildman–Crippen LogP) is -1.40. The molecule has 0 spiro atoms. The number of aliphatic hydroxyl groups excluding tert-OH is 2. The van der Waals surface area contributed by atoms with E-state index >= 15 is 0 Å². The smallest absolute Gasteiger partial charge is 0.320 e. The number of hydrogen-bond donors (Lipinski definition) is 3. The second-order valence-electron chi connectivity index (χ2n) is 2.49. The van der Waals surface area contributed by atoms with Gasteiger partial charge in [-0.1, -0.05) is 0 Å². The Bertz CT molecular complexity index is 189. The summed E-state index contributed by atoms with van der Waals surface area (Å²) in [4.78, 5) is 21.3. The van der Waals surface area contributed by atoms with Crippen molar-refractivity contribution in [2.24, 2.45) is 5.92 Å². The molecule has 13 heavy (non-hydrogen) atoms. The predicted molar refractivity (Wildman–Crippen MR) is 40.9 cm³/mol. The minimum Gasteiger partial charge on any atom is -0.481 e. The highest BCUT2D eigenvalue weighted by atomic mass is 16.5. The molecule has 0 rings (SSSR count). The van der Waals surface area contributed by atoms with Crippen molar-refractivity contribution in [3.05, 3.63) is 0 Å². The molecule has 0 bridgehead atoms. The average molecular weight is 192 g/mol. The molecule has 3 N–H and O–H groups in total. The highest BCUT2D eigenvalue weighted by molar-refractivity contribution is 5.93. The van der Waals surface area contributed by atoms with E-state index in [4.69, 9.17) is 15.3 Å². The zero-order chi connectivity index (χ0) is 10.4. The van der Waals surface area contributed by atoms with Gasteiger partial charge < -0.3 is 20.1 Å². The van der Waals surface area contributed by atoms with E-state index < -0.39 is 30.6 Å². The van der Waals surface area contributed by atoms with Gasteiger partial charge in [-0.15, -0.1) is 0 Å². The molecular weight excluding hydrogens is 180 g/mol. The van der Waals surface area contributed by atoms with E-state index in [1.54, 1.807) is 0 Å². The monoisotopic (exact) mass is 192 g/mol. The fourth-order valence-corrected chi connectivity index (χ4v) is 0.787. The average Bonchev–Trinajstić information content (AvgIpc) is 2.11. The summed E-state index contributed by atoms with van der Waals surface area (Å²) >= 11 is 0. The molecule has 0 aromatic carbocycles. The summed E-state index contributed by atoms with van der Waals surface area (Å²) in [6, 6.07) is 0. The molecule has 0 aliphatic carbocycles. The third-order valence-corrected chi connectivity index (χ3v) is 1.50. The normalized spacial score (nSPS) is 14.7. The molecule has 0 heterocycles. The lowest BCUT2D eigenvalue weighted by atomic mass is 10.0. The first-order chi connectivity index (χ1) is 6.02. The van der Waals surface area contributed by atoms with Gasteiger partial charge in [0.1, 0.15) is 0 Å². The van der Waals surface area contributed by atoms with Crippen LogP contribution in [0.1, 0.15) is 6.42 Å². The molecule has 0 fully saturated rings. The third kappa shape index (κ3) is 3.86. The Morgan fingerprint density at radius 2 is 2.00 bits per heavy atom. The van der Waals surface area contributed by atoms with Gasteiger partial charge in [0.25, 0.3) is 0 Å². The van der Waals surface area contributed by atoms with Crippen LogP contribution in [0.2, 0.25) is 0 Å². The van der Waals surface area contributed by atoms with Crippen molar-refractivity contribution in [3.63, 3.8) is 0 Å². The van der Waals surface area contributed by atoms with Crippen LogP contribution in [0, 0.1) is 5.92 Å². The highest BCUT2D eigenvalue weighted by Crippen LogP contribution is 2.08. The fourth-order valence-electron chi connectivity index (χ4n) is 0.787. The van der Waals surface area contributed by atoms with E-state index in [2.05, 4.69) is 4.74 Å². The number of carbonyl (C=O) groups is 2. The van der Waals surface area contributed by atoms with E-state index in [9.17, 15) is 9.59 Å². The molecule has 0 saturated heterocycles. The molecule has 0 aromatic heterocycles. The van der Waals surface area contributed by atoms with Gasteiger partial charge in [-0.25, -0.2) is 0 Å². The van der Waals surface area contributed by atoms with Gasteiger partial charge in [0.05, 0.1) is 19.8 Å². The summed E-state index contributed by atoms with van der Waals surface area (Å²) in [6.45, 7) is -0.583. The molecule has 6 nitrogen and oxygen atoms in total. The van der Waals surface area contributed by atoms with Crippen molar-refractivity contribution in [1.29, 1.82) is 0 Å². The largest absolute Gasteiger partial charge is 0.481 e. The number of methoxy groups -OCH3 is 1. The van der Waals surface area contributed by atoms with Gasteiger partial charge in [-0.3, -0.25) is 9.59 Å². The van der Waals surface area contributed by atoms with Gasteiger partial charge in [-0.05, 0) is 6.42 Å². The summed E-state index contributed by atoms with van der Waals surface area (Å²) in [5.41, 5.74) is 0. The number of carboxylic acids is 1. The second kappa shape index (κ2) is 5.50. The lowest BCUT2D eigenvalue weighted by molar-refractivity contribution is -0.158. The number of rotatable bonds is 5. The molecule has 0 aliphatic rings. The Labute approximate surface area is 74.7 Å². The van der Waals surface area contributed by atoms with Crippen LogP contribution in [0.3, 0.4) is 0 Å². The summed E-state index contributed by atoms with van der Waals surface area (Å²) in [5.74, 6) is -3.73. The van der Waals surface area contributed by atoms with Crippen molar-refractivity contribution in [2.45, 2.75) is 12.5 Å². The van der Waals surface area contributed by atoms with Crippen LogP contribution in [0.4, 0.5) is 0 Å². The minimum absolute atomic E-state index is 0.349. The van der Waals surface area contributed by atoms with Gasteiger partial charge >= 0.3 is 11.9 Å². The molecular formula is C7H12O6. The Balaban J connectivity index is 4.26. The zero-order valence-electron chi connectivity index (χ0n) is 7.14. The number of aliphatic carboxylic acids is 1. The number of carboxylic acid groups (broad SMARTS) is 1. The van der Waals surface area contributed by atoms with Crippen molar-refractivity contribution < 1.29 is 29.6 Å². The number of esters is 1. The maximum atomic E-state index is 10.8. The maximum absolute atomic E-state index is 10.8. The van der Waals surface area contributed by atoms with E-state index in [1.807, 2.05) is 0 Å². The highest BCUT2D eigenvalue weighted by Gasteiger charge is 2.29. The Morgan fingerprint density at radius 1 is 1.46 bits per heavy atom. The van der Waals surface area contributed by atoms with Crippen LogP contribution in [-0.2, 0) is 14.3 Å². The van der Waals surface area contributed by atoms with Crippen molar-refractivity contribution >= 4 is 11.9 Å². The summed E-state index contributed by atoms with van der Waals surface area (Å²) in [6.07, 6.45) is -1.57. The fraction of sp³-hybridized carbons (Fsp3) is 0.714. The van der Waals surface area contributed by atoms with Crippen molar-refractivity contribution in [3.8, 4) is 0 Å². The first kappa shape index (κ1) is 11.9. The lowest BCUT2D eigenvalue weighted by Gasteiger charge is -2.12. The molecule has 76 valence electrons. The molecule has 2 unspecified atom stereocenters. The van der Waals surface area contributed by atoms with Gasteiger partial charge in [-0.2, -0.15) is 0 Å². The van der Waals surface area contributed by atoms with E-state index in [0.717, 1.165) is 7.11 Å². The standard InChI is InChI=1S/C7H12O6/c1-13-7(12)5(6(10)11)2-4(9)3-8/h4-5,8-9H,2-3H2,1H3,(H,10,11). The van der Waals surface area contributed by atoms with E-state index in [1.165, 1.54) is 0 Å². The summed E-state index contributed by atoms with van der Waals surface area (Å²) < 4.78 is 4.21. The Kier molecular flexibility index (Phi) is 5.01. The quantitative estimate of drug-likeness (QED) is 0.365. The van der Waals surface area contributed by atoms with Gasteiger partial charge in [0.15, 0.2) is 5.92 Å². The number of aliphatic hydroxyl groups is 2. The van der Waals surface area contributed by atoms with Crippen LogP contribution in [0.15, 0.2) is 0 Å². The van der Waals surface area contributed by atoms with Crippen LogP contribution in [0.25, 0.3) is 0 Å². The first-order valence-corrected chi connectivity index (χ1v) is 3.62. The topological polar surface area (TPSA) is 104 Å². The van der Waals surface area contributed by atoms with E-state index in [0.29, 0.717) is 0 Å². The molecule has 0 aliphatic heterocycles. The SMILES string of the molecule is COC(=O)C(CC(O)CO)C(=O)O. The third-order valence-electron chi connectivity index (χ3n) is 1.50. The minimum atomic E-state index is -1.42. The van der Waals surface area contributed by atoms with Crippen LogP contribution < -0.4 is 0 Å². The molecule has 2 atom stereocenters. The molecule has 0 radical (unpaired) electrons. The number of carbonyl (C=O) groups excluding carboxylic acids is 1. The number of hydrogen-bond acceptors (Lipinski definition) is 5. The first-order valence-electron chi connectivity index (χ1n) is 3.62. The van der Waals surface area contributed by atoms with Crippen molar-refractivity contribution in [1.82, 2.24) is 0 Å². The van der Waals surface area contributed by atoms with Crippen LogP contribution in [-0.4, -0.2) is 47.1 Å². The Morgan fingerprint density at radius 3 is 2.31 bits per heavy atom. The molecule has 0 amide bonds. The zero-order valence-corrected chi connectivity index (χ0v) is 7.14. The summed E-state index contributed by atoms with van der Waals surface area (Å²) in [5, 5.41) is 25.9. The van der Waals surface area contributed by atoms with Gasteiger partial charge in [0, 0.05) is 0 Å². The summed E-state index contributed by atoms with van der Waals surface area (Å²) in [7, 11) is 1.06. The molecule has 0 saturated carbocycles. The van der Waals surface area contributed by atoms with Crippen LogP contribution in [0.5, 0.6) is 0 Å². The van der Waals surface area contributed by atoms with E-state index in [-0.39, 0.29) is 6.42 Å². The van der Waals surface area contributed by atoms with Gasteiger partial charge in [0.2, 0.25) is 0 Å². The lowest BCUT2D eigenvalue weighted by Crippen LogP contribution is -2.30.